The normalized spacial score (nSPS) is 33.3. The van der Waals surface area contributed by atoms with Gasteiger partial charge in [-0.15, -0.1) is 0 Å². The van der Waals surface area contributed by atoms with Crippen molar-refractivity contribution in [3.63, 3.8) is 0 Å². The lowest BCUT2D eigenvalue weighted by molar-refractivity contribution is -0.132. The van der Waals surface area contributed by atoms with Crippen molar-refractivity contribution in [2.45, 2.75) is 58.0 Å². The van der Waals surface area contributed by atoms with Gasteiger partial charge in [0.25, 0.3) is 0 Å². The molecule has 1 aromatic carbocycles. The highest BCUT2D eigenvalue weighted by Gasteiger charge is 2.42. The fourth-order valence-electron chi connectivity index (χ4n) is 5.00. The maximum Gasteiger partial charge on any atom is 0.225 e. The van der Waals surface area contributed by atoms with Crippen LogP contribution < -0.4 is 10.1 Å². The first-order valence-electron chi connectivity index (χ1n) is 10.4. The number of nitrogens with zero attached hydrogens (tertiary/aromatic N) is 1. The second-order valence-electron chi connectivity index (χ2n) is 8.52. The van der Waals surface area contributed by atoms with Gasteiger partial charge in [0, 0.05) is 31.0 Å². The van der Waals surface area contributed by atoms with E-state index in [-0.39, 0.29) is 23.8 Å². The fraction of sp³-hybridized carbons (Fsp3) is 0.636. The molecule has 0 spiro atoms. The van der Waals surface area contributed by atoms with Crippen molar-refractivity contribution in [1.29, 1.82) is 0 Å². The minimum absolute atomic E-state index is 0.00376. The van der Waals surface area contributed by atoms with Crippen LogP contribution in [0.15, 0.2) is 24.3 Å². The molecular weight excluding hydrogens is 340 g/mol. The van der Waals surface area contributed by atoms with E-state index in [1.807, 2.05) is 29.2 Å². The molecule has 1 N–H and O–H groups in total. The van der Waals surface area contributed by atoms with Gasteiger partial charge in [-0.2, -0.15) is 0 Å². The molecule has 0 unspecified atom stereocenters. The highest BCUT2D eigenvalue weighted by Crippen LogP contribution is 2.36. The molecule has 0 bridgehead atoms. The quantitative estimate of drug-likeness (QED) is 0.888. The molecule has 1 saturated heterocycles. The third-order valence-electron chi connectivity index (χ3n) is 6.87. The zero-order valence-corrected chi connectivity index (χ0v) is 16.3. The zero-order chi connectivity index (χ0) is 19.0. The van der Waals surface area contributed by atoms with E-state index in [1.54, 1.807) is 0 Å². The largest absolute Gasteiger partial charge is 0.493 e. The van der Waals surface area contributed by atoms with Gasteiger partial charge >= 0.3 is 0 Å². The topological polar surface area (TPSA) is 58.6 Å². The van der Waals surface area contributed by atoms with Crippen LogP contribution in [0.5, 0.6) is 5.75 Å². The van der Waals surface area contributed by atoms with Crippen molar-refractivity contribution >= 4 is 11.8 Å². The number of carbonyl (C=O) groups is 2. The summed E-state index contributed by atoms with van der Waals surface area (Å²) in [6.45, 7) is 5.71. The van der Waals surface area contributed by atoms with E-state index >= 15 is 0 Å². The molecular formula is C22H30N2O3. The highest BCUT2D eigenvalue weighted by molar-refractivity contribution is 5.89. The molecule has 1 aromatic rings. The van der Waals surface area contributed by atoms with Gasteiger partial charge < -0.3 is 15.0 Å². The van der Waals surface area contributed by atoms with E-state index in [4.69, 9.17) is 4.74 Å². The molecule has 146 valence electrons. The number of likely N-dealkylation sites (tertiary alicyclic amines) is 1. The number of ether oxygens (including phenoxy) is 1. The summed E-state index contributed by atoms with van der Waals surface area (Å²) in [7, 11) is 0. The van der Waals surface area contributed by atoms with Gasteiger partial charge in [-0.25, -0.2) is 0 Å². The van der Waals surface area contributed by atoms with Crippen LogP contribution >= 0.6 is 0 Å². The summed E-state index contributed by atoms with van der Waals surface area (Å²) in [6.07, 6.45) is 4.60. The number of rotatable bonds is 3. The molecule has 3 aliphatic rings. The molecule has 2 heterocycles. The Hall–Kier alpha value is -2.04. The number of fused-ring (bicyclic) bond motifs is 1. The molecule has 1 aliphatic carbocycles. The van der Waals surface area contributed by atoms with Gasteiger partial charge in [-0.1, -0.05) is 44.9 Å². The molecule has 2 fully saturated rings. The second-order valence-corrected chi connectivity index (χ2v) is 8.52. The van der Waals surface area contributed by atoms with Crippen molar-refractivity contribution < 1.29 is 14.3 Å². The van der Waals surface area contributed by atoms with Crippen LogP contribution in [0, 0.1) is 17.8 Å². The van der Waals surface area contributed by atoms with Crippen LogP contribution in [0.1, 0.15) is 57.6 Å². The highest BCUT2D eigenvalue weighted by atomic mass is 16.5. The number of nitrogens with one attached hydrogen (secondary N) is 1. The third kappa shape index (κ3) is 3.56. The number of para-hydroxylation sites is 1. The van der Waals surface area contributed by atoms with E-state index in [9.17, 15) is 9.59 Å². The Balaban J connectivity index is 1.41. The summed E-state index contributed by atoms with van der Waals surface area (Å²) < 4.78 is 5.68. The number of hydrogen-bond donors (Lipinski definition) is 1. The maximum absolute atomic E-state index is 12.9. The van der Waals surface area contributed by atoms with Gasteiger partial charge in [0.05, 0.1) is 18.6 Å². The van der Waals surface area contributed by atoms with E-state index in [1.165, 1.54) is 12.8 Å². The standard InChI is InChI=1S/C22H30N2O3/c1-14-6-5-8-19(15(14)2)24-13-16(12-21(24)25)22(26)23-18-10-11-27-20-9-4-3-7-17(18)20/h3-4,7,9,14-16,18-19H,5-6,8,10-13H2,1-2H3,(H,23,26)/t14-,15-,16-,18-,19-/m1/s1. The van der Waals surface area contributed by atoms with Crippen LogP contribution in [0.4, 0.5) is 0 Å². The van der Waals surface area contributed by atoms with Crippen molar-refractivity contribution in [2.24, 2.45) is 17.8 Å². The molecule has 0 radical (unpaired) electrons. The first-order chi connectivity index (χ1) is 13.0. The minimum Gasteiger partial charge on any atom is -0.493 e. The van der Waals surface area contributed by atoms with Crippen LogP contribution in [-0.2, 0) is 9.59 Å². The average Bonchev–Trinajstić information content (AvgIpc) is 3.06. The monoisotopic (exact) mass is 370 g/mol. The Labute approximate surface area is 161 Å². The van der Waals surface area contributed by atoms with Gasteiger partial charge in [0.15, 0.2) is 0 Å². The Morgan fingerprint density at radius 3 is 2.85 bits per heavy atom. The first-order valence-corrected chi connectivity index (χ1v) is 10.4. The lowest BCUT2D eigenvalue weighted by Crippen LogP contribution is -2.45. The minimum atomic E-state index is -0.239. The van der Waals surface area contributed by atoms with Crippen molar-refractivity contribution in [2.75, 3.05) is 13.2 Å². The Kier molecular flexibility index (Phi) is 5.11. The molecule has 0 aromatic heterocycles. The number of amides is 2. The fourth-order valence-corrected chi connectivity index (χ4v) is 5.00. The van der Waals surface area contributed by atoms with Gasteiger partial charge in [-0.3, -0.25) is 9.59 Å². The molecule has 27 heavy (non-hydrogen) atoms. The van der Waals surface area contributed by atoms with Crippen LogP contribution in [0.25, 0.3) is 0 Å². The Morgan fingerprint density at radius 1 is 1.19 bits per heavy atom. The smallest absolute Gasteiger partial charge is 0.225 e. The van der Waals surface area contributed by atoms with Crippen LogP contribution in [0.2, 0.25) is 0 Å². The lowest BCUT2D eigenvalue weighted by atomic mass is 9.77. The summed E-state index contributed by atoms with van der Waals surface area (Å²) >= 11 is 0. The van der Waals surface area contributed by atoms with Gasteiger partial charge in [-0.05, 0) is 24.3 Å². The van der Waals surface area contributed by atoms with Gasteiger partial charge in [0.2, 0.25) is 11.8 Å². The summed E-state index contributed by atoms with van der Waals surface area (Å²) in [5.74, 6) is 1.91. The van der Waals surface area contributed by atoms with Crippen molar-refractivity contribution in [1.82, 2.24) is 10.2 Å². The third-order valence-corrected chi connectivity index (χ3v) is 6.87. The predicted octanol–water partition coefficient (Wildman–Crippen LogP) is 3.30. The van der Waals surface area contributed by atoms with Gasteiger partial charge in [0.1, 0.15) is 5.75 Å². The average molecular weight is 370 g/mol. The van der Waals surface area contributed by atoms with Crippen molar-refractivity contribution in [3.8, 4) is 5.75 Å². The zero-order valence-electron chi connectivity index (χ0n) is 16.3. The van der Waals surface area contributed by atoms with Crippen LogP contribution in [0.3, 0.4) is 0 Å². The Bertz CT molecular complexity index is 719. The van der Waals surface area contributed by atoms with E-state index in [2.05, 4.69) is 19.2 Å². The van der Waals surface area contributed by atoms with Crippen molar-refractivity contribution in [3.05, 3.63) is 29.8 Å². The summed E-state index contributed by atoms with van der Waals surface area (Å²) in [4.78, 5) is 27.6. The number of carbonyl (C=O) groups excluding carboxylic acids is 2. The molecule has 5 atom stereocenters. The van der Waals surface area contributed by atoms with E-state index in [0.29, 0.717) is 37.5 Å². The maximum atomic E-state index is 12.9. The molecule has 5 nitrogen and oxygen atoms in total. The number of benzene rings is 1. The summed E-state index contributed by atoms with van der Waals surface area (Å²) in [5, 5.41) is 3.18. The molecule has 5 heteroatoms. The summed E-state index contributed by atoms with van der Waals surface area (Å²) in [6, 6.07) is 8.14. The predicted molar refractivity (Wildman–Crippen MR) is 103 cm³/mol. The second kappa shape index (κ2) is 7.53. The molecule has 1 saturated carbocycles. The lowest BCUT2D eigenvalue weighted by Gasteiger charge is -2.40. The first kappa shape index (κ1) is 18.3. The summed E-state index contributed by atoms with van der Waals surface area (Å²) in [5.41, 5.74) is 1.04. The number of hydrogen-bond acceptors (Lipinski definition) is 3. The van der Waals surface area contributed by atoms with Crippen LogP contribution in [-0.4, -0.2) is 35.9 Å². The Morgan fingerprint density at radius 2 is 2.00 bits per heavy atom. The van der Waals surface area contributed by atoms with E-state index in [0.717, 1.165) is 24.2 Å². The van der Waals surface area contributed by atoms with E-state index < -0.39 is 0 Å². The SMILES string of the molecule is C[C@@H]1[C@H](C)CCC[C@H]1N1C[C@H](C(=O)N[C@@H]2CCOc3ccccc32)CC1=O. The molecule has 2 amide bonds. The molecule has 2 aliphatic heterocycles. The molecule has 4 rings (SSSR count).